The lowest BCUT2D eigenvalue weighted by Crippen LogP contribution is -2.44. The molecule has 0 radical (unpaired) electrons. The first kappa shape index (κ1) is 27.0. The highest BCUT2D eigenvalue weighted by atomic mass is 127. The molecule has 0 amide bonds. The summed E-state index contributed by atoms with van der Waals surface area (Å²) in [7, 11) is 3.83. The van der Waals surface area contributed by atoms with Gasteiger partial charge in [0.2, 0.25) is 0 Å². The number of benzene rings is 2. The number of nitrogens with one attached hydrogen (secondary N) is 2. The fourth-order valence-electron chi connectivity index (χ4n) is 3.48. The van der Waals surface area contributed by atoms with Gasteiger partial charge in [-0.05, 0) is 66.5 Å². The second-order valence-electron chi connectivity index (χ2n) is 7.98. The van der Waals surface area contributed by atoms with E-state index in [2.05, 4.69) is 108 Å². The molecule has 3 unspecified atom stereocenters. The lowest BCUT2D eigenvalue weighted by atomic mass is 9.96. The molecule has 174 valence electrons. The third-order valence-corrected chi connectivity index (χ3v) is 7.86. The Labute approximate surface area is 215 Å². The summed E-state index contributed by atoms with van der Waals surface area (Å²) in [5.41, 5.74) is 6.17. The van der Waals surface area contributed by atoms with Crippen LogP contribution in [0, 0.1) is 11.8 Å². The number of halogens is 1. The fraction of sp³-hybridized carbons (Fsp3) is 0.286. The summed E-state index contributed by atoms with van der Waals surface area (Å²) >= 11 is 2.48. The van der Waals surface area contributed by atoms with Crippen molar-refractivity contribution in [3.8, 4) is 11.8 Å². The Kier molecular flexibility index (Phi) is 11.6. The molecule has 3 atom stereocenters. The maximum atomic E-state index is 4.26. The van der Waals surface area contributed by atoms with Crippen molar-refractivity contribution in [1.82, 2.24) is 15.5 Å². The van der Waals surface area contributed by atoms with Crippen molar-refractivity contribution in [2.24, 2.45) is 0 Å². The largest absolute Gasteiger partial charge is 0.389 e. The van der Waals surface area contributed by atoms with E-state index in [1.165, 1.54) is 24.6 Å². The van der Waals surface area contributed by atoms with E-state index in [-0.39, 0.29) is 6.17 Å². The van der Waals surface area contributed by atoms with E-state index in [0.717, 1.165) is 34.3 Å². The molecule has 0 bridgehead atoms. The van der Waals surface area contributed by atoms with Crippen molar-refractivity contribution in [2.45, 2.75) is 31.8 Å². The van der Waals surface area contributed by atoms with Gasteiger partial charge in [-0.1, -0.05) is 91.0 Å². The minimum Gasteiger partial charge on any atom is -0.389 e. The van der Waals surface area contributed by atoms with Gasteiger partial charge >= 0.3 is 0 Å². The number of hydrogen-bond donors (Lipinski definition) is 2. The van der Waals surface area contributed by atoms with E-state index in [0.29, 0.717) is 5.92 Å². The molecule has 0 heterocycles. The molecule has 2 aromatic rings. The zero-order valence-electron chi connectivity index (χ0n) is 19.9. The van der Waals surface area contributed by atoms with Gasteiger partial charge in [-0.3, -0.25) is 0 Å². The third-order valence-electron chi connectivity index (χ3n) is 5.70. The standard InChI is InChI=1S/C28H35IN3P/c1-7-31-28(22(3)30-5)32(6)23(4)27-18-14-25(15-19-27)11-10-24-12-16-26(17-13-24)21(2)9-8-20-33-29/h7,12-19,21,28,30-31,33H,1,3-4,8-9,20H2,2,5-6H3. The van der Waals surface area contributed by atoms with Crippen LogP contribution in [0.15, 0.2) is 80.2 Å². The van der Waals surface area contributed by atoms with Crippen molar-refractivity contribution in [1.29, 1.82) is 0 Å². The number of rotatable bonds is 12. The molecule has 0 aliphatic carbocycles. The summed E-state index contributed by atoms with van der Waals surface area (Å²) in [4.78, 5) is 2.03. The van der Waals surface area contributed by atoms with Crippen molar-refractivity contribution >= 4 is 34.0 Å². The van der Waals surface area contributed by atoms with Crippen LogP contribution < -0.4 is 10.6 Å². The molecule has 0 saturated carbocycles. The predicted octanol–water partition coefficient (Wildman–Crippen LogP) is 6.69. The number of hydrogen-bond acceptors (Lipinski definition) is 3. The van der Waals surface area contributed by atoms with E-state index < -0.39 is 0 Å². The Balaban J connectivity index is 2.04. The summed E-state index contributed by atoms with van der Waals surface area (Å²) in [6.07, 6.45) is 6.43. The van der Waals surface area contributed by atoms with Crippen LogP contribution >= 0.6 is 28.3 Å². The molecule has 0 aliphatic rings. The van der Waals surface area contributed by atoms with Gasteiger partial charge in [0.25, 0.3) is 0 Å². The zero-order chi connectivity index (χ0) is 24.2. The lowest BCUT2D eigenvalue weighted by molar-refractivity contribution is 0.349. The van der Waals surface area contributed by atoms with Gasteiger partial charge in [0, 0.05) is 36.6 Å². The molecule has 2 N–H and O–H groups in total. The first-order valence-electron chi connectivity index (χ1n) is 11.1. The Morgan fingerprint density at radius 3 is 2.18 bits per heavy atom. The Morgan fingerprint density at radius 2 is 1.67 bits per heavy atom. The average Bonchev–Trinajstić information content (AvgIpc) is 2.85. The van der Waals surface area contributed by atoms with Crippen LogP contribution in [0.3, 0.4) is 0 Å². The van der Waals surface area contributed by atoms with Gasteiger partial charge in [0.15, 0.2) is 0 Å². The Bertz CT molecular complexity index is 987. The summed E-state index contributed by atoms with van der Waals surface area (Å²) in [6, 6.07) is 16.9. The quantitative estimate of drug-likeness (QED) is 0.0978. The predicted molar refractivity (Wildman–Crippen MR) is 156 cm³/mol. The molecule has 33 heavy (non-hydrogen) atoms. The number of likely N-dealkylation sites (N-methyl/N-ethyl adjacent to an activating group) is 2. The average molecular weight is 571 g/mol. The van der Waals surface area contributed by atoms with Gasteiger partial charge in [-0.2, -0.15) is 0 Å². The first-order chi connectivity index (χ1) is 15.9. The highest BCUT2D eigenvalue weighted by Gasteiger charge is 2.18. The first-order valence-corrected chi connectivity index (χ1v) is 15.4. The topological polar surface area (TPSA) is 27.3 Å². The highest BCUT2D eigenvalue weighted by molar-refractivity contribution is 14.2. The minimum atomic E-state index is -0.142. The highest BCUT2D eigenvalue weighted by Crippen LogP contribution is 2.26. The van der Waals surface area contributed by atoms with E-state index in [9.17, 15) is 0 Å². The molecule has 0 aliphatic heterocycles. The van der Waals surface area contributed by atoms with Gasteiger partial charge in [-0.15, -0.1) is 0 Å². The maximum absolute atomic E-state index is 4.26. The summed E-state index contributed by atoms with van der Waals surface area (Å²) in [5.74, 6) is 7.16. The number of nitrogens with zero attached hydrogens (tertiary/aromatic N) is 1. The van der Waals surface area contributed by atoms with Gasteiger partial charge < -0.3 is 15.5 Å². The smallest absolute Gasteiger partial charge is 0.139 e. The molecule has 0 spiro atoms. The molecule has 0 aromatic heterocycles. The van der Waals surface area contributed by atoms with Crippen molar-refractivity contribution in [2.75, 3.05) is 20.3 Å². The van der Waals surface area contributed by atoms with Crippen LogP contribution in [0.2, 0.25) is 0 Å². The third kappa shape index (κ3) is 8.25. The normalized spacial score (nSPS) is 12.4. The lowest BCUT2D eigenvalue weighted by Gasteiger charge is -2.33. The van der Waals surface area contributed by atoms with Crippen molar-refractivity contribution in [3.05, 3.63) is 102 Å². The molecule has 5 heteroatoms. The van der Waals surface area contributed by atoms with Crippen LogP contribution in [0.5, 0.6) is 0 Å². The summed E-state index contributed by atoms with van der Waals surface area (Å²) in [5, 5.41) is 6.29. The monoisotopic (exact) mass is 571 g/mol. The molecular weight excluding hydrogens is 536 g/mol. The second-order valence-corrected chi connectivity index (χ2v) is 11.0. The molecule has 2 rings (SSSR count). The van der Waals surface area contributed by atoms with Crippen LogP contribution in [0.1, 0.15) is 47.9 Å². The van der Waals surface area contributed by atoms with E-state index in [1.54, 1.807) is 6.20 Å². The van der Waals surface area contributed by atoms with Crippen LogP contribution in [0.25, 0.3) is 5.70 Å². The maximum Gasteiger partial charge on any atom is 0.139 e. The van der Waals surface area contributed by atoms with Gasteiger partial charge in [0.1, 0.15) is 6.17 Å². The minimum absolute atomic E-state index is 0.142. The van der Waals surface area contributed by atoms with Gasteiger partial charge in [-0.25, -0.2) is 0 Å². The van der Waals surface area contributed by atoms with E-state index in [1.807, 2.05) is 31.1 Å². The summed E-state index contributed by atoms with van der Waals surface area (Å²) in [6.45, 7) is 14.4. The van der Waals surface area contributed by atoms with Crippen molar-refractivity contribution < 1.29 is 0 Å². The Morgan fingerprint density at radius 1 is 1.09 bits per heavy atom. The SMILES string of the molecule is C=CNC(C(=C)NC)N(C)C(=C)c1ccc(C#Cc2ccc(C(C)CCCPI)cc2)cc1. The second kappa shape index (κ2) is 14.1. The Hall–Kier alpha value is -2.22. The molecule has 0 saturated heterocycles. The van der Waals surface area contributed by atoms with Gasteiger partial charge in [0.05, 0.1) is 0 Å². The molecular formula is C28H35IN3P. The van der Waals surface area contributed by atoms with Crippen LogP contribution in [0.4, 0.5) is 0 Å². The fourth-order valence-corrected chi connectivity index (χ4v) is 4.96. The molecule has 0 fully saturated rings. The molecule has 3 nitrogen and oxygen atoms in total. The van der Waals surface area contributed by atoms with E-state index in [4.69, 9.17) is 0 Å². The molecule has 2 aromatic carbocycles. The zero-order valence-corrected chi connectivity index (χ0v) is 23.1. The van der Waals surface area contributed by atoms with Crippen molar-refractivity contribution in [3.63, 3.8) is 0 Å². The van der Waals surface area contributed by atoms with Crippen LogP contribution in [-0.4, -0.2) is 31.3 Å². The summed E-state index contributed by atoms with van der Waals surface area (Å²) < 4.78 is 0. The van der Waals surface area contributed by atoms with E-state index >= 15 is 0 Å². The van der Waals surface area contributed by atoms with Crippen LogP contribution in [-0.2, 0) is 0 Å².